The lowest BCUT2D eigenvalue weighted by molar-refractivity contribution is -0.137. The molecule has 5 heteroatoms. The van der Waals surface area contributed by atoms with Crippen LogP contribution in [0.1, 0.15) is 44.1 Å². The summed E-state index contributed by atoms with van der Waals surface area (Å²) in [6.45, 7) is 0.553. The van der Waals surface area contributed by atoms with Crippen LogP contribution in [-0.2, 0) is 16.0 Å². The van der Waals surface area contributed by atoms with Crippen LogP contribution >= 0.6 is 0 Å². The van der Waals surface area contributed by atoms with E-state index in [9.17, 15) is 14.0 Å². The molecule has 22 heavy (non-hydrogen) atoms. The Labute approximate surface area is 129 Å². The summed E-state index contributed by atoms with van der Waals surface area (Å²) in [4.78, 5) is 22.6. The van der Waals surface area contributed by atoms with Gasteiger partial charge in [0.2, 0.25) is 5.91 Å². The molecule has 2 N–H and O–H groups in total. The average Bonchev–Trinajstić information content (AvgIpc) is 3.25. The second-order valence-electron chi connectivity index (χ2n) is 6.01. The van der Waals surface area contributed by atoms with Crippen molar-refractivity contribution >= 4 is 11.9 Å². The molecule has 1 aliphatic carbocycles. The molecule has 1 saturated carbocycles. The average molecular weight is 307 g/mol. The Morgan fingerprint density at radius 3 is 2.55 bits per heavy atom. The van der Waals surface area contributed by atoms with E-state index in [0.29, 0.717) is 24.9 Å². The molecule has 1 aromatic rings. The monoisotopic (exact) mass is 307 g/mol. The molecule has 0 saturated heterocycles. The molecule has 4 nitrogen and oxygen atoms in total. The number of hydrogen-bond donors (Lipinski definition) is 2. The van der Waals surface area contributed by atoms with Gasteiger partial charge in [-0.15, -0.1) is 0 Å². The summed E-state index contributed by atoms with van der Waals surface area (Å²) >= 11 is 0. The van der Waals surface area contributed by atoms with Crippen molar-refractivity contribution in [3.05, 3.63) is 35.6 Å². The zero-order valence-electron chi connectivity index (χ0n) is 12.6. The second kappa shape index (κ2) is 7.38. The van der Waals surface area contributed by atoms with Gasteiger partial charge < -0.3 is 10.4 Å². The molecule has 0 spiro atoms. The third kappa shape index (κ3) is 4.55. The SMILES string of the molecule is O=C(O)CCCCCNC(=O)C1(Cc2ccccc2F)CC1. The van der Waals surface area contributed by atoms with Crippen molar-refractivity contribution < 1.29 is 19.1 Å². The molecule has 0 heterocycles. The highest BCUT2D eigenvalue weighted by Gasteiger charge is 2.49. The maximum absolute atomic E-state index is 13.7. The third-order valence-electron chi connectivity index (χ3n) is 4.17. The van der Waals surface area contributed by atoms with Gasteiger partial charge >= 0.3 is 5.97 Å². The van der Waals surface area contributed by atoms with Crippen LogP contribution in [0.4, 0.5) is 4.39 Å². The van der Waals surface area contributed by atoms with Crippen molar-refractivity contribution in [3.8, 4) is 0 Å². The van der Waals surface area contributed by atoms with Crippen LogP contribution in [0.3, 0.4) is 0 Å². The molecule has 0 bridgehead atoms. The number of hydrogen-bond acceptors (Lipinski definition) is 2. The van der Waals surface area contributed by atoms with Gasteiger partial charge in [0, 0.05) is 13.0 Å². The summed E-state index contributed by atoms with van der Waals surface area (Å²) in [5.41, 5.74) is 0.153. The number of benzene rings is 1. The van der Waals surface area contributed by atoms with Gasteiger partial charge in [-0.3, -0.25) is 9.59 Å². The maximum atomic E-state index is 13.7. The first kappa shape index (κ1) is 16.5. The molecule has 2 rings (SSSR count). The van der Waals surface area contributed by atoms with Crippen LogP contribution in [0.15, 0.2) is 24.3 Å². The molecule has 0 aromatic heterocycles. The zero-order chi connectivity index (χ0) is 16.0. The number of nitrogens with one attached hydrogen (secondary N) is 1. The molecule has 0 atom stereocenters. The fourth-order valence-corrected chi connectivity index (χ4v) is 2.61. The van der Waals surface area contributed by atoms with E-state index in [4.69, 9.17) is 5.11 Å². The predicted molar refractivity (Wildman–Crippen MR) is 80.9 cm³/mol. The number of rotatable bonds is 9. The first-order valence-corrected chi connectivity index (χ1v) is 7.77. The lowest BCUT2D eigenvalue weighted by atomic mass is 9.95. The number of carboxylic acid groups (broad SMARTS) is 1. The summed E-state index contributed by atoms with van der Waals surface area (Å²) in [6.07, 6.45) is 4.40. The van der Waals surface area contributed by atoms with Gasteiger partial charge in [0.15, 0.2) is 0 Å². The van der Waals surface area contributed by atoms with Gasteiger partial charge in [-0.1, -0.05) is 24.6 Å². The second-order valence-corrected chi connectivity index (χ2v) is 6.01. The lowest BCUT2D eigenvalue weighted by Gasteiger charge is -2.15. The third-order valence-corrected chi connectivity index (χ3v) is 4.17. The first-order chi connectivity index (χ1) is 10.5. The fraction of sp³-hybridized carbons (Fsp3) is 0.529. The number of carbonyl (C=O) groups is 2. The molecule has 0 radical (unpaired) electrons. The van der Waals surface area contributed by atoms with E-state index in [1.54, 1.807) is 18.2 Å². The fourth-order valence-electron chi connectivity index (χ4n) is 2.61. The van der Waals surface area contributed by atoms with E-state index >= 15 is 0 Å². The number of halogens is 1. The Balaban J connectivity index is 1.73. The normalized spacial score (nSPS) is 15.3. The van der Waals surface area contributed by atoms with E-state index in [1.165, 1.54) is 6.07 Å². The Hall–Kier alpha value is -1.91. The van der Waals surface area contributed by atoms with Crippen LogP contribution in [0, 0.1) is 11.2 Å². The highest BCUT2D eigenvalue weighted by atomic mass is 19.1. The van der Waals surface area contributed by atoms with Crippen LogP contribution < -0.4 is 5.32 Å². The first-order valence-electron chi connectivity index (χ1n) is 7.77. The van der Waals surface area contributed by atoms with Crippen molar-refractivity contribution in [2.45, 2.75) is 44.9 Å². The van der Waals surface area contributed by atoms with Crippen molar-refractivity contribution in [3.63, 3.8) is 0 Å². The molecule has 0 unspecified atom stereocenters. The Bertz CT molecular complexity index is 540. The molecule has 1 fully saturated rings. The van der Waals surface area contributed by atoms with Crippen LogP contribution in [-0.4, -0.2) is 23.5 Å². The standard InChI is InChI=1S/C17H22FNO3/c18-14-7-4-3-6-13(14)12-17(9-10-17)16(22)19-11-5-1-2-8-15(20)21/h3-4,6-7H,1-2,5,8-12H2,(H,19,22)(H,20,21). The molecule has 1 amide bonds. The number of unbranched alkanes of at least 4 members (excludes halogenated alkanes) is 2. The number of carboxylic acids is 1. The highest BCUT2D eigenvalue weighted by molar-refractivity contribution is 5.85. The number of aliphatic carboxylic acids is 1. The minimum Gasteiger partial charge on any atom is -0.481 e. The summed E-state index contributed by atoms with van der Waals surface area (Å²) in [5, 5.41) is 11.4. The number of carbonyl (C=O) groups excluding carboxylic acids is 1. The van der Waals surface area contributed by atoms with E-state index < -0.39 is 11.4 Å². The topological polar surface area (TPSA) is 66.4 Å². The van der Waals surface area contributed by atoms with Gasteiger partial charge in [0.1, 0.15) is 5.82 Å². The Morgan fingerprint density at radius 2 is 1.91 bits per heavy atom. The minimum absolute atomic E-state index is 0.00557. The molecular weight excluding hydrogens is 285 g/mol. The summed E-state index contributed by atoms with van der Waals surface area (Å²) < 4.78 is 13.7. The van der Waals surface area contributed by atoms with Crippen molar-refractivity contribution in [2.75, 3.05) is 6.54 Å². The van der Waals surface area contributed by atoms with Gasteiger partial charge in [0.25, 0.3) is 0 Å². The molecule has 1 aromatic carbocycles. The minimum atomic E-state index is -0.786. The summed E-state index contributed by atoms with van der Waals surface area (Å²) in [5.74, 6) is -1.05. The summed E-state index contributed by atoms with van der Waals surface area (Å²) in [6, 6.07) is 6.59. The quantitative estimate of drug-likeness (QED) is 0.689. The molecule has 0 aliphatic heterocycles. The molecule has 120 valence electrons. The van der Waals surface area contributed by atoms with Gasteiger partial charge in [-0.05, 0) is 43.7 Å². The van der Waals surface area contributed by atoms with E-state index in [-0.39, 0.29) is 18.1 Å². The Kier molecular flexibility index (Phi) is 5.52. The molecule has 1 aliphatic rings. The largest absolute Gasteiger partial charge is 0.481 e. The summed E-state index contributed by atoms with van der Waals surface area (Å²) in [7, 11) is 0. The Morgan fingerprint density at radius 1 is 1.18 bits per heavy atom. The highest BCUT2D eigenvalue weighted by Crippen LogP contribution is 2.48. The van der Waals surface area contributed by atoms with Crippen LogP contribution in [0.25, 0.3) is 0 Å². The zero-order valence-corrected chi connectivity index (χ0v) is 12.6. The van der Waals surface area contributed by atoms with E-state index in [0.717, 1.165) is 25.7 Å². The number of amides is 1. The van der Waals surface area contributed by atoms with Crippen molar-refractivity contribution in [1.82, 2.24) is 5.32 Å². The van der Waals surface area contributed by atoms with E-state index in [1.807, 2.05) is 0 Å². The molecular formula is C17H22FNO3. The predicted octanol–water partition coefficient (Wildman–Crippen LogP) is 2.91. The van der Waals surface area contributed by atoms with E-state index in [2.05, 4.69) is 5.32 Å². The van der Waals surface area contributed by atoms with Gasteiger partial charge in [-0.25, -0.2) is 4.39 Å². The van der Waals surface area contributed by atoms with Crippen molar-refractivity contribution in [2.24, 2.45) is 5.41 Å². The maximum Gasteiger partial charge on any atom is 0.303 e. The van der Waals surface area contributed by atoms with Crippen LogP contribution in [0.5, 0.6) is 0 Å². The lowest BCUT2D eigenvalue weighted by Crippen LogP contribution is -2.34. The van der Waals surface area contributed by atoms with Gasteiger partial charge in [0.05, 0.1) is 5.41 Å². The van der Waals surface area contributed by atoms with Gasteiger partial charge in [-0.2, -0.15) is 0 Å². The smallest absolute Gasteiger partial charge is 0.303 e. The van der Waals surface area contributed by atoms with Crippen molar-refractivity contribution in [1.29, 1.82) is 0 Å². The van der Waals surface area contributed by atoms with Crippen LogP contribution in [0.2, 0.25) is 0 Å².